The van der Waals surface area contributed by atoms with Crippen molar-refractivity contribution in [1.29, 1.82) is 0 Å². The lowest BCUT2D eigenvalue weighted by Gasteiger charge is -2.17. The highest BCUT2D eigenvalue weighted by molar-refractivity contribution is 7.13. The molecule has 0 saturated carbocycles. The predicted molar refractivity (Wildman–Crippen MR) is 144 cm³/mol. The third-order valence-corrected chi connectivity index (χ3v) is 6.69. The first-order valence-corrected chi connectivity index (χ1v) is 12.9. The van der Waals surface area contributed by atoms with E-state index in [4.69, 9.17) is 9.47 Å². The topological polar surface area (TPSA) is 76.0 Å². The standard InChI is InChI=1S/C29H38O5S/c1-6-23-11-7-8-12-25(23)28-19-24(22(5)35-28)16-15-21(4)33-17-9-13-26(30)27(31)14-10-18-34-29(32)20(2)3/h7-8,11-12,15-16,19,26-27,30-31H,2,5-6,9-10,13-14,17-18H2,1,3-4H3/b21-15+,24-16-. The van der Waals surface area contributed by atoms with Gasteiger partial charge < -0.3 is 19.7 Å². The fourth-order valence-electron chi connectivity index (χ4n) is 3.53. The molecule has 2 unspecified atom stereocenters. The van der Waals surface area contributed by atoms with Crippen molar-refractivity contribution in [3.8, 4) is 10.4 Å². The van der Waals surface area contributed by atoms with E-state index in [1.165, 1.54) is 16.0 Å². The Bertz CT molecular complexity index is 1110. The zero-order valence-corrected chi connectivity index (χ0v) is 21.9. The van der Waals surface area contributed by atoms with Crippen LogP contribution in [0.5, 0.6) is 0 Å². The van der Waals surface area contributed by atoms with Crippen LogP contribution < -0.4 is 9.75 Å². The molecule has 0 bridgehead atoms. The van der Waals surface area contributed by atoms with E-state index in [1.54, 1.807) is 18.3 Å². The van der Waals surface area contributed by atoms with E-state index in [0.717, 1.165) is 21.9 Å². The summed E-state index contributed by atoms with van der Waals surface area (Å²) >= 11 is 1.69. The molecule has 0 fully saturated rings. The van der Waals surface area contributed by atoms with Gasteiger partial charge in [0.25, 0.3) is 0 Å². The van der Waals surface area contributed by atoms with E-state index < -0.39 is 18.2 Å². The van der Waals surface area contributed by atoms with Crippen LogP contribution in [0.3, 0.4) is 0 Å². The van der Waals surface area contributed by atoms with Gasteiger partial charge in [0.05, 0.1) is 31.2 Å². The Morgan fingerprint density at radius 2 is 1.71 bits per heavy atom. The van der Waals surface area contributed by atoms with Crippen molar-refractivity contribution in [1.82, 2.24) is 0 Å². The number of rotatable bonds is 14. The molecule has 2 rings (SSSR count). The Morgan fingerprint density at radius 3 is 2.34 bits per heavy atom. The van der Waals surface area contributed by atoms with Crippen molar-refractivity contribution >= 4 is 30.0 Å². The molecular formula is C29H38O5S. The average molecular weight is 499 g/mol. The van der Waals surface area contributed by atoms with Gasteiger partial charge in [-0.15, -0.1) is 11.3 Å². The van der Waals surface area contributed by atoms with E-state index in [0.29, 0.717) is 37.9 Å². The molecule has 190 valence electrons. The highest BCUT2D eigenvalue weighted by atomic mass is 32.1. The summed E-state index contributed by atoms with van der Waals surface area (Å²) in [5, 5.41) is 21.3. The molecule has 2 aromatic rings. The number of aryl methyl sites for hydroxylation is 1. The molecule has 0 aliphatic rings. The van der Waals surface area contributed by atoms with Crippen molar-refractivity contribution in [2.24, 2.45) is 0 Å². The molecule has 35 heavy (non-hydrogen) atoms. The van der Waals surface area contributed by atoms with Gasteiger partial charge in [0.1, 0.15) is 0 Å². The van der Waals surface area contributed by atoms with E-state index in [1.807, 2.05) is 19.1 Å². The molecule has 1 aromatic heterocycles. The number of esters is 1. The number of carbonyl (C=O) groups excluding carboxylic acids is 1. The quantitative estimate of drug-likeness (QED) is 0.174. The Labute approximate surface area is 212 Å². The van der Waals surface area contributed by atoms with Crippen LogP contribution in [-0.2, 0) is 20.7 Å². The molecular weight excluding hydrogens is 460 g/mol. The number of aliphatic hydroxyl groups excluding tert-OH is 2. The minimum absolute atomic E-state index is 0.199. The molecule has 1 heterocycles. The molecule has 0 amide bonds. The van der Waals surface area contributed by atoms with Crippen molar-refractivity contribution in [3.05, 3.63) is 69.6 Å². The second-order valence-corrected chi connectivity index (χ2v) is 9.76. The second-order valence-electron chi connectivity index (χ2n) is 8.63. The minimum atomic E-state index is -0.857. The maximum Gasteiger partial charge on any atom is 0.333 e. The van der Waals surface area contributed by atoms with Crippen LogP contribution >= 0.6 is 11.3 Å². The summed E-state index contributed by atoms with van der Waals surface area (Å²) in [6, 6.07) is 10.6. The molecule has 0 spiro atoms. The number of ether oxygens (including phenoxy) is 2. The summed E-state index contributed by atoms with van der Waals surface area (Å²) in [5.41, 5.74) is 2.93. The maximum absolute atomic E-state index is 11.3. The lowest BCUT2D eigenvalue weighted by Crippen LogP contribution is -2.26. The summed E-state index contributed by atoms with van der Waals surface area (Å²) in [5.74, 6) is 0.339. The average Bonchev–Trinajstić information content (AvgIpc) is 3.22. The first kappa shape index (κ1) is 28.6. The zero-order chi connectivity index (χ0) is 25.8. The van der Waals surface area contributed by atoms with Crippen LogP contribution in [0.4, 0.5) is 0 Å². The molecule has 0 radical (unpaired) electrons. The molecule has 6 heteroatoms. The largest absolute Gasteiger partial charge is 0.498 e. The maximum atomic E-state index is 11.3. The van der Waals surface area contributed by atoms with Crippen LogP contribution in [0.25, 0.3) is 23.1 Å². The van der Waals surface area contributed by atoms with Crippen molar-refractivity contribution in [2.75, 3.05) is 13.2 Å². The number of hydrogen-bond donors (Lipinski definition) is 2. The summed E-state index contributed by atoms with van der Waals surface area (Å²) < 4.78 is 11.8. The van der Waals surface area contributed by atoms with Gasteiger partial charge in [-0.3, -0.25) is 0 Å². The number of thiophene rings is 1. The van der Waals surface area contributed by atoms with Gasteiger partial charge in [0, 0.05) is 15.0 Å². The third-order valence-electron chi connectivity index (χ3n) is 5.65. The Hall–Kier alpha value is -2.67. The van der Waals surface area contributed by atoms with Gasteiger partial charge in [-0.1, -0.05) is 50.4 Å². The molecule has 2 atom stereocenters. The lowest BCUT2D eigenvalue weighted by atomic mass is 10.0. The number of carbonyl (C=O) groups is 1. The SMILES string of the molecule is C=C(C)C(=O)OCCCC(O)C(O)CCCO/C(C)=C/C=c1/cc(-c2ccccc2CC)sc1=C. The smallest absolute Gasteiger partial charge is 0.333 e. The number of benzene rings is 1. The molecule has 5 nitrogen and oxygen atoms in total. The zero-order valence-electron chi connectivity index (χ0n) is 21.1. The Balaban J connectivity index is 1.78. The Morgan fingerprint density at radius 1 is 1.09 bits per heavy atom. The van der Waals surface area contributed by atoms with Gasteiger partial charge in [-0.05, 0) is 74.4 Å². The monoisotopic (exact) mass is 498 g/mol. The van der Waals surface area contributed by atoms with Gasteiger partial charge in [-0.25, -0.2) is 4.79 Å². The first-order chi connectivity index (χ1) is 16.7. The van der Waals surface area contributed by atoms with Crippen LogP contribution in [-0.4, -0.2) is 41.6 Å². The first-order valence-electron chi connectivity index (χ1n) is 12.1. The predicted octanol–water partition coefficient (Wildman–Crippen LogP) is 4.49. The fraction of sp³-hybridized carbons (Fsp3) is 0.414. The van der Waals surface area contributed by atoms with E-state index in [-0.39, 0.29) is 6.61 Å². The summed E-state index contributed by atoms with van der Waals surface area (Å²) in [6.45, 7) is 14.0. The van der Waals surface area contributed by atoms with Gasteiger partial charge in [0.15, 0.2) is 0 Å². The molecule has 0 aliphatic heterocycles. The third kappa shape index (κ3) is 9.48. The van der Waals surface area contributed by atoms with Crippen molar-refractivity contribution < 1.29 is 24.5 Å². The second kappa shape index (κ2) is 14.7. The van der Waals surface area contributed by atoms with Gasteiger partial charge in [-0.2, -0.15) is 0 Å². The number of allylic oxidation sites excluding steroid dienone is 2. The van der Waals surface area contributed by atoms with Gasteiger partial charge >= 0.3 is 5.97 Å². The molecule has 2 N–H and O–H groups in total. The summed E-state index contributed by atoms with van der Waals surface area (Å²) in [6.07, 6.45) is 5.13. The highest BCUT2D eigenvalue weighted by Crippen LogP contribution is 2.25. The van der Waals surface area contributed by atoms with E-state index >= 15 is 0 Å². The lowest BCUT2D eigenvalue weighted by molar-refractivity contribution is -0.139. The highest BCUT2D eigenvalue weighted by Gasteiger charge is 2.16. The number of hydrogen-bond acceptors (Lipinski definition) is 6. The Kier molecular flexibility index (Phi) is 12.0. The van der Waals surface area contributed by atoms with E-state index in [9.17, 15) is 15.0 Å². The van der Waals surface area contributed by atoms with Crippen molar-refractivity contribution in [3.63, 3.8) is 0 Å². The molecule has 0 saturated heterocycles. The van der Waals surface area contributed by atoms with Gasteiger partial charge in [0.2, 0.25) is 0 Å². The van der Waals surface area contributed by atoms with E-state index in [2.05, 4.69) is 50.4 Å². The van der Waals surface area contributed by atoms with Crippen molar-refractivity contribution in [2.45, 2.75) is 65.1 Å². The fourth-order valence-corrected chi connectivity index (χ4v) is 4.54. The molecule has 0 aliphatic carbocycles. The minimum Gasteiger partial charge on any atom is -0.498 e. The van der Waals surface area contributed by atoms with Crippen LogP contribution in [0.1, 0.15) is 52.0 Å². The van der Waals surface area contributed by atoms with Crippen LogP contribution in [0.15, 0.2) is 54.3 Å². The normalized spacial score (nSPS) is 14.0. The molecule has 1 aromatic carbocycles. The summed E-state index contributed by atoms with van der Waals surface area (Å²) in [7, 11) is 0. The number of aliphatic hydroxyl groups is 2. The summed E-state index contributed by atoms with van der Waals surface area (Å²) in [4.78, 5) is 12.5. The van der Waals surface area contributed by atoms with Crippen LogP contribution in [0.2, 0.25) is 0 Å². The van der Waals surface area contributed by atoms with Crippen LogP contribution in [0, 0.1) is 0 Å².